The fourth-order valence-corrected chi connectivity index (χ4v) is 1.85. The van der Waals surface area contributed by atoms with Gasteiger partial charge in [-0.2, -0.15) is 0 Å². The van der Waals surface area contributed by atoms with Crippen molar-refractivity contribution < 1.29 is 9.90 Å². The third-order valence-corrected chi connectivity index (χ3v) is 3.41. The number of hydrogen-bond donors (Lipinski definition) is 2. The van der Waals surface area contributed by atoms with Crippen LogP contribution in [0.1, 0.15) is 10.4 Å². The van der Waals surface area contributed by atoms with Crippen LogP contribution in [-0.4, -0.2) is 16.1 Å². The van der Waals surface area contributed by atoms with Crippen LogP contribution in [0.5, 0.6) is 0 Å². The maximum absolute atomic E-state index is 10.8. The van der Waals surface area contributed by atoms with Gasteiger partial charge in [-0.1, -0.05) is 11.6 Å². The Kier molecular flexibility index (Phi) is 3.84. The molecule has 2 aromatic rings. The van der Waals surface area contributed by atoms with E-state index in [9.17, 15) is 4.79 Å². The molecule has 92 valence electrons. The lowest BCUT2D eigenvalue weighted by Gasteiger charge is -2.07. The Morgan fingerprint density at radius 1 is 1.33 bits per heavy atom. The molecule has 0 fully saturated rings. The minimum Gasteiger partial charge on any atom is -0.478 e. The van der Waals surface area contributed by atoms with Gasteiger partial charge in [0.05, 0.1) is 10.6 Å². The average Bonchev–Trinajstić information content (AvgIpc) is 2.34. The van der Waals surface area contributed by atoms with Gasteiger partial charge >= 0.3 is 5.97 Å². The number of carboxylic acid groups (broad SMARTS) is 1. The zero-order valence-electron chi connectivity index (χ0n) is 9.02. The molecule has 0 saturated carbocycles. The first-order chi connectivity index (χ1) is 8.56. The van der Waals surface area contributed by atoms with Gasteiger partial charge in [0, 0.05) is 16.4 Å². The number of pyridine rings is 1. The van der Waals surface area contributed by atoms with Crippen LogP contribution in [0.4, 0.5) is 11.5 Å². The van der Waals surface area contributed by atoms with Gasteiger partial charge in [-0.15, -0.1) is 0 Å². The number of benzene rings is 1. The van der Waals surface area contributed by atoms with Gasteiger partial charge in [-0.3, -0.25) is 0 Å². The Hall–Kier alpha value is -1.59. The number of aromatic nitrogens is 1. The molecule has 0 unspecified atom stereocenters. The Morgan fingerprint density at radius 2 is 2.11 bits per heavy atom. The van der Waals surface area contributed by atoms with E-state index in [0.717, 1.165) is 10.2 Å². The molecule has 1 heterocycles. The second kappa shape index (κ2) is 5.37. The highest BCUT2D eigenvalue weighted by Gasteiger charge is 2.05. The molecule has 0 aliphatic carbocycles. The number of rotatable bonds is 3. The summed E-state index contributed by atoms with van der Waals surface area (Å²) in [4.78, 5) is 14.9. The van der Waals surface area contributed by atoms with Gasteiger partial charge in [0.2, 0.25) is 0 Å². The third kappa shape index (κ3) is 3.00. The van der Waals surface area contributed by atoms with Gasteiger partial charge in [0.1, 0.15) is 5.82 Å². The van der Waals surface area contributed by atoms with Crippen molar-refractivity contribution in [3.05, 3.63) is 51.6 Å². The summed E-state index contributed by atoms with van der Waals surface area (Å²) in [7, 11) is 0. The first-order valence-electron chi connectivity index (χ1n) is 4.97. The molecule has 0 bridgehead atoms. The Balaban J connectivity index is 2.25. The van der Waals surface area contributed by atoms with Gasteiger partial charge in [-0.25, -0.2) is 9.78 Å². The molecule has 1 aromatic carbocycles. The summed E-state index contributed by atoms with van der Waals surface area (Å²) in [6.07, 6.45) is 1.44. The SMILES string of the molecule is O=C(O)c1ccnc(Nc2ccc(Cl)c(Br)c2)c1. The second-order valence-corrected chi connectivity index (χ2v) is 4.75. The van der Waals surface area contributed by atoms with Crippen molar-refractivity contribution in [1.29, 1.82) is 0 Å². The number of aromatic carboxylic acids is 1. The van der Waals surface area contributed by atoms with Crippen LogP contribution >= 0.6 is 27.5 Å². The summed E-state index contributed by atoms with van der Waals surface area (Å²) in [5.74, 6) is -0.526. The molecule has 0 amide bonds. The van der Waals surface area contributed by atoms with Gasteiger partial charge in [0.15, 0.2) is 0 Å². The summed E-state index contributed by atoms with van der Waals surface area (Å²) >= 11 is 9.19. The average molecular weight is 328 g/mol. The highest BCUT2D eigenvalue weighted by Crippen LogP contribution is 2.27. The lowest BCUT2D eigenvalue weighted by atomic mass is 10.2. The van der Waals surface area contributed by atoms with Crippen molar-refractivity contribution in [2.45, 2.75) is 0 Å². The number of carboxylic acids is 1. The fraction of sp³-hybridized carbons (Fsp3) is 0. The summed E-state index contributed by atoms with van der Waals surface area (Å²) in [5, 5.41) is 12.5. The molecule has 2 rings (SSSR count). The summed E-state index contributed by atoms with van der Waals surface area (Å²) in [6, 6.07) is 8.20. The van der Waals surface area contributed by atoms with E-state index in [0.29, 0.717) is 10.8 Å². The number of anilines is 2. The van der Waals surface area contributed by atoms with Crippen molar-refractivity contribution in [2.24, 2.45) is 0 Å². The minimum atomic E-state index is -0.988. The third-order valence-electron chi connectivity index (χ3n) is 2.20. The second-order valence-electron chi connectivity index (χ2n) is 3.49. The fourth-order valence-electron chi connectivity index (χ4n) is 1.35. The first kappa shape index (κ1) is 12.9. The molecule has 6 heteroatoms. The summed E-state index contributed by atoms with van der Waals surface area (Å²) in [5.41, 5.74) is 0.946. The maximum atomic E-state index is 10.8. The molecule has 0 aliphatic rings. The van der Waals surface area contributed by atoms with Crippen LogP contribution in [0.3, 0.4) is 0 Å². The summed E-state index contributed by atoms with van der Waals surface area (Å²) in [6.45, 7) is 0. The Labute approximate surface area is 117 Å². The number of hydrogen-bond acceptors (Lipinski definition) is 3. The molecule has 18 heavy (non-hydrogen) atoms. The Bertz CT molecular complexity index is 604. The zero-order valence-corrected chi connectivity index (χ0v) is 11.4. The highest BCUT2D eigenvalue weighted by atomic mass is 79.9. The van der Waals surface area contributed by atoms with Gasteiger partial charge < -0.3 is 10.4 Å². The van der Waals surface area contributed by atoms with E-state index < -0.39 is 5.97 Å². The normalized spacial score (nSPS) is 10.1. The molecule has 1 aromatic heterocycles. The lowest BCUT2D eigenvalue weighted by Crippen LogP contribution is -1.99. The molecule has 4 nitrogen and oxygen atoms in total. The Morgan fingerprint density at radius 3 is 2.78 bits per heavy atom. The van der Waals surface area contributed by atoms with Crippen LogP contribution in [0, 0.1) is 0 Å². The number of halogens is 2. The molecule has 0 atom stereocenters. The smallest absolute Gasteiger partial charge is 0.335 e. The van der Waals surface area contributed by atoms with E-state index in [2.05, 4.69) is 26.2 Å². The topological polar surface area (TPSA) is 62.2 Å². The van der Waals surface area contributed by atoms with E-state index in [4.69, 9.17) is 16.7 Å². The van der Waals surface area contributed by atoms with Crippen molar-refractivity contribution in [3.8, 4) is 0 Å². The predicted molar refractivity (Wildman–Crippen MR) is 73.6 cm³/mol. The lowest BCUT2D eigenvalue weighted by molar-refractivity contribution is 0.0697. The van der Waals surface area contributed by atoms with E-state index >= 15 is 0 Å². The number of nitrogens with one attached hydrogen (secondary N) is 1. The van der Waals surface area contributed by atoms with E-state index in [-0.39, 0.29) is 5.56 Å². The molecule has 0 spiro atoms. The molecular formula is C12H8BrClN2O2. The predicted octanol–water partition coefficient (Wildman–Crippen LogP) is 3.94. The maximum Gasteiger partial charge on any atom is 0.335 e. The van der Waals surface area contributed by atoms with Crippen molar-refractivity contribution in [1.82, 2.24) is 4.98 Å². The van der Waals surface area contributed by atoms with Crippen LogP contribution < -0.4 is 5.32 Å². The monoisotopic (exact) mass is 326 g/mol. The van der Waals surface area contributed by atoms with Crippen molar-refractivity contribution in [3.63, 3.8) is 0 Å². The van der Waals surface area contributed by atoms with Crippen LogP contribution in [0.2, 0.25) is 5.02 Å². The summed E-state index contributed by atoms with van der Waals surface area (Å²) < 4.78 is 0.753. The van der Waals surface area contributed by atoms with Crippen LogP contribution in [0.25, 0.3) is 0 Å². The van der Waals surface area contributed by atoms with Crippen LogP contribution in [-0.2, 0) is 0 Å². The van der Waals surface area contributed by atoms with Crippen LogP contribution in [0.15, 0.2) is 41.0 Å². The van der Waals surface area contributed by atoms with E-state index in [1.54, 1.807) is 18.2 Å². The van der Waals surface area contributed by atoms with Crippen molar-refractivity contribution in [2.75, 3.05) is 5.32 Å². The van der Waals surface area contributed by atoms with Gasteiger partial charge in [0.25, 0.3) is 0 Å². The quantitative estimate of drug-likeness (QED) is 0.896. The molecule has 2 N–H and O–H groups in total. The molecular weight excluding hydrogens is 320 g/mol. The van der Waals surface area contributed by atoms with E-state index in [1.165, 1.54) is 18.3 Å². The van der Waals surface area contributed by atoms with E-state index in [1.807, 2.05) is 0 Å². The first-order valence-corrected chi connectivity index (χ1v) is 6.15. The molecule has 0 saturated heterocycles. The molecule has 0 aliphatic heterocycles. The number of carbonyl (C=O) groups is 1. The minimum absolute atomic E-state index is 0.181. The largest absolute Gasteiger partial charge is 0.478 e. The standard InChI is InChI=1S/C12H8BrClN2O2/c13-9-6-8(1-2-10(9)14)16-11-5-7(12(17)18)3-4-15-11/h1-6H,(H,15,16)(H,17,18). The highest BCUT2D eigenvalue weighted by molar-refractivity contribution is 9.10. The van der Waals surface area contributed by atoms with Gasteiger partial charge in [-0.05, 0) is 46.3 Å². The molecule has 0 radical (unpaired) electrons. The van der Waals surface area contributed by atoms with Crippen molar-refractivity contribution >= 4 is 45.0 Å². The number of nitrogens with zero attached hydrogens (tertiary/aromatic N) is 1. The zero-order chi connectivity index (χ0) is 13.1.